The van der Waals surface area contributed by atoms with Crippen molar-refractivity contribution in [1.29, 1.82) is 0 Å². The summed E-state index contributed by atoms with van der Waals surface area (Å²) in [5.74, 6) is -0.427. The molecular formula is C19H16ClN3O4. The highest BCUT2D eigenvalue weighted by Gasteiger charge is 2.31. The first-order valence-electron chi connectivity index (χ1n) is 8.22. The fraction of sp³-hybridized carbons (Fsp3) is 0.158. The highest BCUT2D eigenvalue weighted by molar-refractivity contribution is 6.32. The molecule has 2 aromatic carbocycles. The van der Waals surface area contributed by atoms with Gasteiger partial charge in [-0.05, 0) is 29.8 Å². The van der Waals surface area contributed by atoms with E-state index in [2.05, 4.69) is 5.32 Å². The van der Waals surface area contributed by atoms with Crippen molar-refractivity contribution in [2.45, 2.75) is 12.5 Å². The van der Waals surface area contributed by atoms with Crippen molar-refractivity contribution in [3.05, 3.63) is 75.3 Å². The topological polar surface area (TPSA) is 92.5 Å². The van der Waals surface area contributed by atoms with Gasteiger partial charge in [0.05, 0.1) is 11.0 Å². The lowest BCUT2D eigenvalue weighted by atomic mass is 10.2. The summed E-state index contributed by atoms with van der Waals surface area (Å²) in [6.07, 6.45) is 2.97. The van der Waals surface area contributed by atoms with E-state index < -0.39 is 4.92 Å². The molecule has 0 saturated carbocycles. The summed E-state index contributed by atoms with van der Waals surface area (Å²) >= 11 is 5.76. The van der Waals surface area contributed by atoms with Gasteiger partial charge in [0.15, 0.2) is 0 Å². The standard InChI is InChI=1S/C19H16ClN3O4/c20-16-8-6-13(10-17(16)23(26)27)7-9-18(24)21-14-11-19(25)22(12-14)15-4-2-1-3-5-15/h1-10,14H,11-12H2,(H,21,24)/b9-7-/t14-/m1/s1. The Bertz CT molecular complexity index is 914. The van der Waals surface area contributed by atoms with E-state index in [1.165, 1.54) is 24.3 Å². The van der Waals surface area contributed by atoms with Crippen LogP contribution in [-0.2, 0) is 9.59 Å². The van der Waals surface area contributed by atoms with Crippen LogP contribution in [0.4, 0.5) is 11.4 Å². The molecule has 0 aliphatic carbocycles. The molecule has 0 aromatic heterocycles. The summed E-state index contributed by atoms with van der Waals surface area (Å²) in [5, 5.41) is 13.7. The Morgan fingerprint density at radius 2 is 2.00 bits per heavy atom. The second-order valence-electron chi connectivity index (χ2n) is 6.05. The minimum absolute atomic E-state index is 0.0343. The van der Waals surface area contributed by atoms with Gasteiger partial charge in [-0.3, -0.25) is 19.7 Å². The summed E-state index contributed by atoms with van der Waals surface area (Å²) in [4.78, 5) is 36.2. The zero-order valence-corrected chi connectivity index (χ0v) is 14.9. The molecule has 8 heteroatoms. The zero-order chi connectivity index (χ0) is 19.4. The normalized spacial score (nSPS) is 16.7. The molecule has 1 saturated heterocycles. The average molecular weight is 386 g/mol. The van der Waals surface area contributed by atoms with Crippen molar-refractivity contribution < 1.29 is 14.5 Å². The average Bonchev–Trinajstić information content (AvgIpc) is 3.01. The van der Waals surface area contributed by atoms with Gasteiger partial charge >= 0.3 is 0 Å². The maximum absolute atomic E-state index is 12.2. The summed E-state index contributed by atoms with van der Waals surface area (Å²) in [5.41, 5.74) is 1.05. The predicted octanol–water partition coefficient (Wildman–Crippen LogP) is 3.18. The highest BCUT2D eigenvalue weighted by Crippen LogP contribution is 2.25. The second-order valence-corrected chi connectivity index (χ2v) is 6.46. The van der Waals surface area contributed by atoms with Crippen LogP contribution in [0.1, 0.15) is 12.0 Å². The zero-order valence-electron chi connectivity index (χ0n) is 14.2. The van der Waals surface area contributed by atoms with E-state index in [0.29, 0.717) is 12.1 Å². The van der Waals surface area contributed by atoms with E-state index in [1.807, 2.05) is 30.3 Å². The van der Waals surface area contributed by atoms with Gasteiger partial charge in [-0.2, -0.15) is 0 Å². The Kier molecular flexibility index (Phi) is 5.52. The van der Waals surface area contributed by atoms with Gasteiger partial charge in [0, 0.05) is 30.8 Å². The van der Waals surface area contributed by atoms with Crippen molar-refractivity contribution in [2.75, 3.05) is 11.4 Å². The molecule has 0 spiro atoms. The van der Waals surface area contributed by atoms with Gasteiger partial charge in [0.25, 0.3) is 5.69 Å². The molecule has 3 rings (SSSR count). The van der Waals surface area contributed by atoms with Crippen LogP contribution in [0.2, 0.25) is 5.02 Å². The largest absolute Gasteiger partial charge is 0.347 e. The number of carbonyl (C=O) groups excluding carboxylic acids is 2. The van der Waals surface area contributed by atoms with Crippen molar-refractivity contribution in [3.63, 3.8) is 0 Å². The SMILES string of the molecule is O=C(/C=C\c1ccc(Cl)c([N+](=O)[O-])c1)N[C@@H]1CC(=O)N(c2ccccc2)C1. The molecule has 1 N–H and O–H groups in total. The van der Waals surface area contributed by atoms with Crippen LogP contribution in [0.3, 0.4) is 0 Å². The number of para-hydroxylation sites is 1. The smallest absolute Gasteiger partial charge is 0.288 e. The number of nitrogens with one attached hydrogen (secondary N) is 1. The van der Waals surface area contributed by atoms with Crippen molar-refractivity contribution in [3.8, 4) is 0 Å². The Labute approximate surface area is 160 Å². The third-order valence-electron chi connectivity index (χ3n) is 4.13. The minimum atomic E-state index is -0.581. The Morgan fingerprint density at radius 3 is 2.70 bits per heavy atom. The van der Waals surface area contributed by atoms with Gasteiger partial charge in [-0.1, -0.05) is 35.9 Å². The molecule has 27 heavy (non-hydrogen) atoms. The number of amides is 2. The highest BCUT2D eigenvalue weighted by atomic mass is 35.5. The Morgan fingerprint density at radius 1 is 1.26 bits per heavy atom. The fourth-order valence-corrected chi connectivity index (χ4v) is 3.04. The van der Waals surface area contributed by atoms with Crippen LogP contribution >= 0.6 is 11.6 Å². The fourth-order valence-electron chi connectivity index (χ4n) is 2.86. The number of halogens is 1. The summed E-state index contributed by atoms with van der Waals surface area (Å²) in [7, 11) is 0. The van der Waals surface area contributed by atoms with Gasteiger partial charge in [-0.25, -0.2) is 0 Å². The van der Waals surface area contributed by atoms with Gasteiger partial charge < -0.3 is 10.2 Å². The number of rotatable bonds is 5. The third-order valence-corrected chi connectivity index (χ3v) is 4.45. The van der Waals surface area contributed by atoms with E-state index in [-0.39, 0.29) is 35.0 Å². The van der Waals surface area contributed by atoms with Crippen molar-refractivity contribution >= 4 is 40.9 Å². The molecule has 0 bridgehead atoms. The molecule has 2 amide bonds. The second kappa shape index (κ2) is 8.01. The number of nitro benzene ring substituents is 1. The van der Waals surface area contributed by atoms with Gasteiger partial charge in [0.2, 0.25) is 11.8 Å². The van der Waals surface area contributed by atoms with E-state index in [9.17, 15) is 19.7 Å². The monoisotopic (exact) mass is 385 g/mol. The van der Waals surface area contributed by atoms with Crippen LogP contribution in [-0.4, -0.2) is 29.3 Å². The van der Waals surface area contributed by atoms with Gasteiger partial charge in [-0.15, -0.1) is 0 Å². The first-order valence-corrected chi connectivity index (χ1v) is 8.60. The molecular weight excluding hydrogens is 370 g/mol. The van der Waals surface area contributed by atoms with Crippen LogP contribution in [0, 0.1) is 10.1 Å². The van der Waals surface area contributed by atoms with Crippen LogP contribution in [0.5, 0.6) is 0 Å². The number of hydrogen-bond donors (Lipinski definition) is 1. The minimum Gasteiger partial charge on any atom is -0.347 e. The van der Waals surface area contributed by atoms with Crippen LogP contribution in [0.25, 0.3) is 6.08 Å². The molecule has 1 fully saturated rings. The number of nitrogens with zero attached hydrogens (tertiary/aromatic N) is 2. The summed E-state index contributed by atoms with van der Waals surface area (Å²) < 4.78 is 0. The quantitative estimate of drug-likeness (QED) is 0.486. The van der Waals surface area contributed by atoms with Crippen LogP contribution < -0.4 is 10.2 Å². The molecule has 7 nitrogen and oxygen atoms in total. The van der Waals surface area contributed by atoms with Crippen molar-refractivity contribution in [2.24, 2.45) is 0 Å². The van der Waals surface area contributed by atoms with Crippen LogP contribution in [0.15, 0.2) is 54.6 Å². The van der Waals surface area contributed by atoms with Crippen molar-refractivity contribution in [1.82, 2.24) is 5.32 Å². The van der Waals surface area contributed by atoms with Gasteiger partial charge in [0.1, 0.15) is 5.02 Å². The molecule has 0 radical (unpaired) electrons. The number of nitro groups is 1. The number of carbonyl (C=O) groups is 2. The molecule has 1 atom stereocenters. The molecule has 1 aliphatic heterocycles. The Balaban J connectivity index is 1.61. The molecule has 1 aliphatic rings. The maximum atomic E-state index is 12.2. The van der Waals surface area contributed by atoms with E-state index in [1.54, 1.807) is 11.0 Å². The van der Waals surface area contributed by atoms with E-state index in [0.717, 1.165) is 5.69 Å². The van der Waals surface area contributed by atoms with E-state index in [4.69, 9.17) is 11.6 Å². The molecule has 1 heterocycles. The maximum Gasteiger partial charge on any atom is 0.288 e. The lowest BCUT2D eigenvalue weighted by Crippen LogP contribution is -2.36. The first kappa shape index (κ1) is 18.6. The summed E-state index contributed by atoms with van der Waals surface area (Å²) in [6, 6.07) is 13.2. The third kappa shape index (κ3) is 4.51. The number of benzene rings is 2. The summed E-state index contributed by atoms with van der Waals surface area (Å²) in [6.45, 7) is 0.398. The Hall–Kier alpha value is -3.19. The number of hydrogen-bond acceptors (Lipinski definition) is 4. The molecule has 0 unspecified atom stereocenters. The molecule has 138 valence electrons. The lowest BCUT2D eigenvalue weighted by Gasteiger charge is -2.16. The number of anilines is 1. The van der Waals surface area contributed by atoms with E-state index >= 15 is 0 Å². The first-order chi connectivity index (χ1) is 12.9. The lowest BCUT2D eigenvalue weighted by molar-refractivity contribution is -0.384. The molecule has 2 aromatic rings. The predicted molar refractivity (Wildman–Crippen MR) is 102 cm³/mol.